The van der Waals surface area contributed by atoms with E-state index in [1.165, 1.54) is 6.92 Å². The highest BCUT2D eigenvalue weighted by Crippen LogP contribution is 2.24. The average Bonchev–Trinajstić information content (AvgIpc) is 2.63. The van der Waals surface area contributed by atoms with E-state index in [0.29, 0.717) is 5.75 Å². The molecule has 0 aliphatic rings. The van der Waals surface area contributed by atoms with Crippen molar-refractivity contribution in [3.05, 3.63) is 42.5 Å². The van der Waals surface area contributed by atoms with Crippen LogP contribution in [0.3, 0.4) is 0 Å². The normalized spacial score (nSPS) is 13.0. The van der Waals surface area contributed by atoms with Gasteiger partial charge in [-0.15, -0.1) is 0 Å². The van der Waals surface area contributed by atoms with Crippen LogP contribution in [-0.4, -0.2) is 41.6 Å². The van der Waals surface area contributed by atoms with Crippen molar-refractivity contribution in [2.45, 2.75) is 32.9 Å². The molecule has 0 aliphatic heterocycles. The Labute approximate surface area is 157 Å². The first-order valence-electron chi connectivity index (χ1n) is 8.72. The molecule has 7 nitrogen and oxygen atoms in total. The van der Waals surface area contributed by atoms with Gasteiger partial charge in [-0.05, 0) is 24.3 Å². The number of carboxylic acids is 1. The maximum absolute atomic E-state index is 12.1. The molecule has 0 saturated heterocycles. The van der Waals surface area contributed by atoms with Crippen LogP contribution in [0.5, 0.6) is 5.75 Å². The molecule has 2 rings (SSSR count). The highest BCUT2D eigenvalue weighted by atomic mass is 16.5. The van der Waals surface area contributed by atoms with Gasteiger partial charge in [-0.3, -0.25) is 9.59 Å². The second kappa shape index (κ2) is 9.02. The molecule has 0 bridgehead atoms. The van der Waals surface area contributed by atoms with Gasteiger partial charge in [0.1, 0.15) is 17.8 Å². The topological polar surface area (TPSA) is 105 Å². The van der Waals surface area contributed by atoms with Gasteiger partial charge in [0, 0.05) is 5.39 Å². The standard InChI is InChI=1S/C20H24N2O5/c1-12(2)18(20(25)26)22-19(24)13(3)21-17(23)11-27-16-10-6-8-14-7-4-5-9-15(14)16/h4-10,12-13,18H,11H2,1-3H3,(H,21,23)(H,22,24)(H,25,26)/t13-,18-/m0/s1. The monoisotopic (exact) mass is 372 g/mol. The van der Waals surface area contributed by atoms with Crippen LogP contribution in [0.2, 0.25) is 0 Å². The van der Waals surface area contributed by atoms with Crippen molar-refractivity contribution in [1.29, 1.82) is 0 Å². The zero-order valence-electron chi connectivity index (χ0n) is 15.6. The molecule has 2 atom stereocenters. The van der Waals surface area contributed by atoms with Crippen LogP contribution in [0.4, 0.5) is 0 Å². The van der Waals surface area contributed by atoms with E-state index >= 15 is 0 Å². The fourth-order valence-electron chi connectivity index (χ4n) is 2.61. The van der Waals surface area contributed by atoms with E-state index in [4.69, 9.17) is 9.84 Å². The van der Waals surface area contributed by atoms with Crippen molar-refractivity contribution in [1.82, 2.24) is 10.6 Å². The van der Waals surface area contributed by atoms with Crippen LogP contribution < -0.4 is 15.4 Å². The zero-order chi connectivity index (χ0) is 20.0. The number of hydrogen-bond donors (Lipinski definition) is 3. The van der Waals surface area contributed by atoms with E-state index in [9.17, 15) is 14.4 Å². The molecule has 27 heavy (non-hydrogen) atoms. The van der Waals surface area contributed by atoms with Gasteiger partial charge in [0.05, 0.1) is 0 Å². The minimum absolute atomic E-state index is 0.252. The summed E-state index contributed by atoms with van der Waals surface area (Å²) >= 11 is 0. The smallest absolute Gasteiger partial charge is 0.326 e. The van der Waals surface area contributed by atoms with Gasteiger partial charge in [0.15, 0.2) is 6.61 Å². The molecular weight excluding hydrogens is 348 g/mol. The predicted molar refractivity (Wildman–Crippen MR) is 101 cm³/mol. The summed E-state index contributed by atoms with van der Waals surface area (Å²) in [5, 5.41) is 16.0. The lowest BCUT2D eigenvalue weighted by Crippen LogP contribution is -2.52. The molecule has 2 aromatic rings. The predicted octanol–water partition coefficient (Wildman–Crippen LogP) is 1.95. The molecule has 0 unspecified atom stereocenters. The Hall–Kier alpha value is -3.09. The highest BCUT2D eigenvalue weighted by molar-refractivity contribution is 5.91. The Bertz CT molecular complexity index is 829. The number of carbonyl (C=O) groups is 3. The Balaban J connectivity index is 1.91. The van der Waals surface area contributed by atoms with Gasteiger partial charge in [-0.1, -0.05) is 50.2 Å². The lowest BCUT2D eigenvalue weighted by molar-refractivity contribution is -0.143. The third-order valence-electron chi connectivity index (χ3n) is 4.11. The molecule has 7 heteroatoms. The fraction of sp³-hybridized carbons (Fsp3) is 0.350. The van der Waals surface area contributed by atoms with Crippen LogP contribution in [0, 0.1) is 5.92 Å². The summed E-state index contributed by atoms with van der Waals surface area (Å²) in [4.78, 5) is 35.4. The average molecular weight is 372 g/mol. The van der Waals surface area contributed by atoms with Crippen molar-refractivity contribution in [3.8, 4) is 5.75 Å². The molecule has 0 heterocycles. The lowest BCUT2D eigenvalue weighted by atomic mass is 10.0. The van der Waals surface area contributed by atoms with Crippen LogP contribution in [0.15, 0.2) is 42.5 Å². The van der Waals surface area contributed by atoms with Crippen LogP contribution in [0.1, 0.15) is 20.8 Å². The molecule has 144 valence electrons. The first-order chi connectivity index (χ1) is 12.8. The van der Waals surface area contributed by atoms with Crippen LogP contribution in [-0.2, 0) is 14.4 Å². The van der Waals surface area contributed by atoms with E-state index in [2.05, 4.69) is 10.6 Å². The van der Waals surface area contributed by atoms with Gasteiger partial charge < -0.3 is 20.5 Å². The second-order valence-electron chi connectivity index (χ2n) is 6.62. The summed E-state index contributed by atoms with van der Waals surface area (Å²) in [5.74, 6) is -1.84. The number of rotatable bonds is 8. The minimum Gasteiger partial charge on any atom is -0.483 e. The van der Waals surface area contributed by atoms with Gasteiger partial charge >= 0.3 is 5.97 Å². The first-order valence-corrected chi connectivity index (χ1v) is 8.72. The first kappa shape index (κ1) is 20.2. The summed E-state index contributed by atoms with van der Waals surface area (Å²) in [6.07, 6.45) is 0. The number of ether oxygens (including phenoxy) is 1. The van der Waals surface area contributed by atoms with Gasteiger partial charge in [0.2, 0.25) is 5.91 Å². The lowest BCUT2D eigenvalue weighted by Gasteiger charge is -2.21. The molecule has 0 fully saturated rings. The molecular formula is C20H24N2O5. The summed E-state index contributed by atoms with van der Waals surface area (Å²) in [7, 11) is 0. The summed E-state index contributed by atoms with van der Waals surface area (Å²) < 4.78 is 5.58. The summed E-state index contributed by atoms with van der Waals surface area (Å²) in [6.45, 7) is 4.63. The van der Waals surface area contributed by atoms with Gasteiger partial charge in [-0.2, -0.15) is 0 Å². The molecule has 0 saturated carbocycles. The third kappa shape index (κ3) is 5.44. The Morgan fingerprint density at radius 3 is 2.33 bits per heavy atom. The van der Waals surface area contributed by atoms with Gasteiger partial charge in [-0.25, -0.2) is 4.79 Å². The number of hydrogen-bond acceptors (Lipinski definition) is 4. The molecule has 0 spiro atoms. The number of carbonyl (C=O) groups excluding carboxylic acids is 2. The third-order valence-corrected chi connectivity index (χ3v) is 4.11. The quantitative estimate of drug-likeness (QED) is 0.657. The van der Waals surface area contributed by atoms with E-state index in [-0.39, 0.29) is 12.5 Å². The molecule has 2 amide bonds. The van der Waals surface area contributed by atoms with Crippen LogP contribution >= 0.6 is 0 Å². The zero-order valence-corrected chi connectivity index (χ0v) is 15.6. The van der Waals surface area contributed by atoms with E-state index in [1.807, 2.05) is 36.4 Å². The number of benzene rings is 2. The van der Waals surface area contributed by atoms with E-state index in [0.717, 1.165) is 10.8 Å². The van der Waals surface area contributed by atoms with Crippen molar-refractivity contribution >= 4 is 28.6 Å². The van der Waals surface area contributed by atoms with Crippen molar-refractivity contribution in [2.24, 2.45) is 5.92 Å². The maximum Gasteiger partial charge on any atom is 0.326 e. The summed E-state index contributed by atoms with van der Waals surface area (Å²) in [6, 6.07) is 11.3. The number of nitrogens with one attached hydrogen (secondary N) is 2. The van der Waals surface area contributed by atoms with Crippen molar-refractivity contribution < 1.29 is 24.2 Å². The van der Waals surface area contributed by atoms with Crippen LogP contribution in [0.25, 0.3) is 10.8 Å². The number of aliphatic carboxylic acids is 1. The molecule has 0 aromatic heterocycles. The highest BCUT2D eigenvalue weighted by Gasteiger charge is 2.26. The molecule has 3 N–H and O–H groups in total. The number of carboxylic acid groups (broad SMARTS) is 1. The number of fused-ring (bicyclic) bond motifs is 1. The Morgan fingerprint density at radius 2 is 1.67 bits per heavy atom. The SMILES string of the molecule is CC(C)[C@H](NC(=O)[C@H](C)NC(=O)COc1cccc2ccccc12)C(=O)O. The minimum atomic E-state index is -1.11. The van der Waals surface area contributed by atoms with E-state index < -0.39 is 29.9 Å². The Kier molecular flexibility index (Phi) is 6.76. The molecule has 2 aromatic carbocycles. The maximum atomic E-state index is 12.1. The molecule has 0 radical (unpaired) electrons. The Morgan fingerprint density at radius 1 is 1.00 bits per heavy atom. The number of amides is 2. The molecule has 0 aliphatic carbocycles. The van der Waals surface area contributed by atoms with Gasteiger partial charge in [0.25, 0.3) is 5.91 Å². The van der Waals surface area contributed by atoms with Crippen molar-refractivity contribution in [3.63, 3.8) is 0 Å². The van der Waals surface area contributed by atoms with E-state index in [1.54, 1.807) is 19.9 Å². The fourth-order valence-corrected chi connectivity index (χ4v) is 2.61. The largest absolute Gasteiger partial charge is 0.483 e. The summed E-state index contributed by atoms with van der Waals surface area (Å²) in [5.41, 5.74) is 0. The second-order valence-corrected chi connectivity index (χ2v) is 6.62. The van der Waals surface area contributed by atoms with Crippen molar-refractivity contribution in [2.75, 3.05) is 6.61 Å².